The largest absolute Gasteiger partial charge is 0.396 e. The first-order chi connectivity index (χ1) is 10.4. The van der Waals surface area contributed by atoms with E-state index in [1.807, 2.05) is 6.07 Å². The van der Waals surface area contributed by atoms with Gasteiger partial charge in [0.2, 0.25) is 0 Å². The van der Waals surface area contributed by atoms with Crippen LogP contribution in [0.2, 0.25) is 0 Å². The van der Waals surface area contributed by atoms with Gasteiger partial charge >= 0.3 is 0 Å². The highest BCUT2D eigenvalue weighted by Crippen LogP contribution is 2.25. The fourth-order valence-corrected chi connectivity index (χ4v) is 3.22. The van der Waals surface area contributed by atoms with Crippen LogP contribution in [0.15, 0.2) is 54.6 Å². The summed E-state index contributed by atoms with van der Waals surface area (Å²) in [7, 11) is 0. The van der Waals surface area contributed by atoms with Crippen LogP contribution in [0, 0.1) is 5.92 Å². The second-order valence-corrected chi connectivity index (χ2v) is 5.92. The van der Waals surface area contributed by atoms with Gasteiger partial charge in [-0.3, -0.25) is 0 Å². The molecule has 2 aromatic carbocycles. The summed E-state index contributed by atoms with van der Waals surface area (Å²) < 4.78 is 0. The highest BCUT2D eigenvalue weighted by atomic mass is 16.3. The van der Waals surface area contributed by atoms with Gasteiger partial charge in [0.1, 0.15) is 0 Å². The normalized spacial score (nSPS) is 21.6. The summed E-state index contributed by atoms with van der Waals surface area (Å²) in [6.07, 6.45) is 3.57. The number of benzene rings is 2. The molecule has 2 heteroatoms. The van der Waals surface area contributed by atoms with Crippen molar-refractivity contribution in [1.82, 2.24) is 5.32 Å². The molecule has 0 bridgehead atoms. The van der Waals surface area contributed by atoms with Gasteiger partial charge in [-0.05, 0) is 35.4 Å². The van der Waals surface area contributed by atoms with Crippen LogP contribution < -0.4 is 5.32 Å². The molecular weight excluding hydrogens is 258 g/mol. The molecule has 21 heavy (non-hydrogen) atoms. The number of rotatable bonds is 5. The maximum Gasteiger partial charge on any atom is 0.0474 e. The Bertz CT molecular complexity index is 550. The molecule has 0 spiro atoms. The first-order valence-corrected chi connectivity index (χ1v) is 7.85. The van der Waals surface area contributed by atoms with Gasteiger partial charge in [-0.2, -0.15) is 0 Å². The third-order valence-electron chi connectivity index (χ3n) is 4.52. The van der Waals surface area contributed by atoms with Crippen LogP contribution in [0.5, 0.6) is 0 Å². The molecule has 2 atom stereocenters. The van der Waals surface area contributed by atoms with Gasteiger partial charge < -0.3 is 10.4 Å². The topological polar surface area (TPSA) is 32.3 Å². The lowest BCUT2D eigenvalue weighted by Crippen LogP contribution is -2.33. The maximum atomic E-state index is 9.36. The summed E-state index contributed by atoms with van der Waals surface area (Å²) in [6.45, 7) is 1.20. The predicted octanol–water partition coefficient (Wildman–Crippen LogP) is 3.60. The van der Waals surface area contributed by atoms with Gasteiger partial charge in [0.05, 0.1) is 0 Å². The number of hydrogen-bond acceptors (Lipinski definition) is 2. The van der Waals surface area contributed by atoms with Gasteiger partial charge in [-0.15, -0.1) is 0 Å². The standard InChI is InChI=1S/C19H23NO/c21-14-18-7-4-8-19(18)20-13-15-9-11-17(12-10-15)16-5-2-1-3-6-16/h1-3,5-6,9-12,18-21H,4,7-8,13-14H2. The van der Waals surface area contributed by atoms with E-state index in [0.29, 0.717) is 18.6 Å². The third kappa shape index (κ3) is 3.52. The third-order valence-corrected chi connectivity index (χ3v) is 4.52. The van der Waals surface area contributed by atoms with Gasteiger partial charge in [-0.1, -0.05) is 61.0 Å². The monoisotopic (exact) mass is 281 g/mol. The van der Waals surface area contributed by atoms with E-state index in [1.54, 1.807) is 0 Å². The number of hydrogen-bond donors (Lipinski definition) is 2. The zero-order valence-electron chi connectivity index (χ0n) is 12.3. The number of aliphatic hydroxyl groups is 1. The van der Waals surface area contributed by atoms with Crippen molar-refractivity contribution in [1.29, 1.82) is 0 Å². The van der Waals surface area contributed by atoms with Crippen LogP contribution in [-0.4, -0.2) is 17.8 Å². The summed E-state index contributed by atoms with van der Waals surface area (Å²) in [5.41, 5.74) is 3.82. The van der Waals surface area contributed by atoms with Crippen molar-refractivity contribution in [2.45, 2.75) is 31.8 Å². The van der Waals surface area contributed by atoms with Gasteiger partial charge in [0, 0.05) is 19.2 Å². The molecule has 0 amide bonds. The van der Waals surface area contributed by atoms with Crippen molar-refractivity contribution in [3.8, 4) is 11.1 Å². The van der Waals surface area contributed by atoms with E-state index < -0.39 is 0 Å². The second kappa shape index (κ2) is 6.88. The molecule has 0 aliphatic heterocycles. The molecule has 3 rings (SSSR count). The van der Waals surface area contributed by atoms with Crippen molar-refractivity contribution >= 4 is 0 Å². The van der Waals surface area contributed by atoms with Crippen LogP contribution in [-0.2, 0) is 6.54 Å². The Hall–Kier alpha value is -1.64. The van der Waals surface area contributed by atoms with Crippen LogP contribution in [0.25, 0.3) is 11.1 Å². The lowest BCUT2D eigenvalue weighted by Gasteiger charge is -2.19. The Morgan fingerprint density at radius 1 is 0.905 bits per heavy atom. The Labute approximate surface area is 126 Å². The molecule has 0 saturated heterocycles. The first-order valence-electron chi connectivity index (χ1n) is 7.85. The molecule has 0 radical (unpaired) electrons. The zero-order valence-corrected chi connectivity index (χ0v) is 12.3. The molecule has 0 aromatic heterocycles. The lowest BCUT2D eigenvalue weighted by molar-refractivity contribution is 0.205. The highest BCUT2D eigenvalue weighted by Gasteiger charge is 2.25. The molecule has 2 unspecified atom stereocenters. The van der Waals surface area contributed by atoms with Crippen LogP contribution in [0.4, 0.5) is 0 Å². The zero-order chi connectivity index (χ0) is 14.5. The van der Waals surface area contributed by atoms with Crippen molar-refractivity contribution in [2.75, 3.05) is 6.61 Å². The summed E-state index contributed by atoms with van der Waals surface area (Å²) in [5.74, 6) is 0.439. The molecule has 1 aliphatic carbocycles. The van der Waals surface area contributed by atoms with Crippen molar-refractivity contribution in [3.05, 3.63) is 60.2 Å². The average molecular weight is 281 g/mol. The Morgan fingerprint density at radius 2 is 1.62 bits per heavy atom. The molecule has 1 aliphatic rings. The van der Waals surface area contributed by atoms with Gasteiger partial charge in [0.25, 0.3) is 0 Å². The summed E-state index contributed by atoms with van der Waals surface area (Å²) >= 11 is 0. The number of aliphatic hydroxyl groups excluding tert-OH is 1. The molecule has 2 aromatic rings. The van der Waals surface area contributed by atoms with Crippen LogP contribution in [0.3, 0.4) is 0 Å². The van der Waals surface area contributed by atoms with Crippen molar-refractivity contribution in [3.63, 3.8) is 0 Å². The molecule has 0 heterocycles. The quantitative estimate of drug-likeness (QED) is 0.877. The summed E-state index contributed by atoms with van der Waals surface area (Å²) in [4.78, 5) is 0. The van der Waals surface area contributed by atoms with E-state index in [-0.39, 0.29) is 0 Å². The van der Waals surface area contributed by atoms with Crippen molar-refractivity contribution < 1.29 is 5.11 Å². The van der Waals surface area contributed by atoms with E-state index in [9.17, 15) is 5.11 Å². The molecule has 2 N–H and O–H groups in total. The summed E-state index contributed by atoms with van der Waals surface area (Å²) in [5, 5.41) is 13.0. The Kier molecular flexibility index (Phi) is 4.69. The molecule has 110 valence electrons. The molecular formula is C19H23NO. The first kappa shape index (κ1) is 14.3. The van der Waals surface area contributed by atoms with Gasteiger partial charge in [-0.25, -0.2) is 0 Å². The van der Waals surface area contributed by atoms with E-state index >= 15 is 0 Å². The summed E-state index contributed by atoms with van der Waals surface area (Å²) in [6, 6.07) is 19.7. The minimum Gasteiger partial charge on any atom is -0.396 e. The Balaban J connectivity index is 1.60. The predicted molar refractivity (Wildman–Crippen MR) is 86.9 cm³/mol. The molecule has 1 saturated carbocycles. The van der Waals surface area contributed by atoms with E-state index in [1.165, 1.54) is 29.5 Å². The minimum absolute atomic E-state index is 0.310. The molecule has 1 fully saturated rings. The minimum atomic E-state index is 0.310. The fraction of sp³-hybridized carbons (Fsp3) is 0.368. The Morgan fingerprint density at radius 3 is 2.33 bits per heavy atom. The second-order valence-electron chi connectivity index (χ2n) is 5.92. The maximum absolute atomic E-state index is 9.36. The molecule has 2 nitrogen and oxygen atoms in total. The van der Waals surface area contributed by atoms with E-state index in [2.05, 4.69) is 53.8 Å². The van der Waals surface area contributed by atoms with Crippen LogP contribution in [0.1, 0.15) is 24.8 Å². The fourth-order valence-electron chi connectivity index (χ4n) is 3.22. The number of nitrogens with one attached hydrogen (secondary N) is 1. The van der Waals surface area contributed by atoms with E-state index in [0.717, 1.165) is 13.0 Å². The van der Waals surface area contributed by atoms with Crippen LogP contribution >= 0.6 is 0 Å². The van der Waals surface area contributed by atoms with E-state index in [4.69, 9.17) is 0 Å². The smallest absolute Gasteiger partial charge is 0.0474 e. The highest BCUT2D eigenvalue weighted by molar-refractivity contribution is 5.63. The lowest BCUT2D eigenvalue weighted by atomic mass is 10.0. The van der Waals surface area contributed by atoms with Gasteiger partial charge in [0.15, 0.2) is 0 Å². The van der Waals surface area contributed by atoms with Crippen molar-refractivity contribution in [2.24, 2.45) is 5.92 Å². The average Bonchev–Trinajstić information content (AvgIpc) is 3.02. The SMILES string of the molecule is OCC1CCCC1NCc1ccc(-c2ccccc2)cc1.